The highest BCUT2D eigenvalue weighted by molar-refractivity contribution is 6.08. The number of aromatic amines is 1. The molecule has 2 amide bonds. The number of carbonyl (C=O) groups is 2. The maximum absolute atomic E-state index is 12.3. The first-order chi connectivity index (χ1) is 13.5. The number of anilines is 1. The van der Waals surface area contributed by atoms with Crippen molar-refractivity contribution in [2.75, 3.05) is 18.4 Å². The second kappa shape index (κ2) is 6.96. The molecule has 3 aromatic heterocycles. The highest BCUT2D eigenvalue weighted by atomic mass is 16.2. The number of H-pyrrole nitrogens is 1. The Morgan fingerprint density at radius 1 is 1.39 bits per heavy atom. The summed E-state index contributed by atoms with van der Waals surface area (Å²) < 4.78 is 2.02. The highest BCUT2D eigenvalue weighted by Gasteiger charge is 2.32. The summed E-state index contributed by atoms with van der Waals surface area (Å²) in [5.41, 5.74) is 1.54. The van der Waals surface area contributed by atoms with Crippen LogP contribution in [-0.4, -0.2) is 49.6 Å². The summed E-state index contributed by atoms with van der Waals surface area (Å²) in [5, 5.41) is 16.7. The van der Waals surface area contributed by atoms with Crippen LogP contribution in [0.15, 0.2) is 18.5 Å². The SMILES string of the molecule is CC(=O)Nc1[nH]n([C@H]2CN(C(=O)CC#N)CC[C@H]2C)c2c1cnc1nccc12. The topological polar surface area (TPSA) is 120 Å². The highest BCUT2D eigenvalue weighted by Crippen LogP contribution is 2.35. The molecule has 1 fully saturated rings. The van der Waals surface area contributed by atoms with E-state index in [1.807, 2.05) is 16.8 Å². The van der Waals surface area contributed by atoms with Crippen LogP contribution in [0.5, 0.6) is 0 Å². The van der Waals surface area contributed by atoms with Gasteiger partial charge in [0.2, 0.25) is 11.8 Å². The number of hydrogen-bond acceptors (Lipinski definition) is 5. The number of rotatable bonds is 3. The Morgan fingerprint density at radius 2 is 2.21 bits per heavy atom. The van der Waals surface area contributed by atoms with E-state index in [1.54, 1.807) is 17.3 Å². The number of likely N-dealkylation sites (tertiary alicyclic amines) is 1. The molecule has 1 saturated heterocycles. The zero-order valence-corrected chi connectivity index (χ0v) is 15.8. The van der Waals surface area contributed by atoms with E-state index in [2.05, 4.69) is 27.3 Å². The normalized spacial score (nSPS) is 19.7. The van der Waals surface area contributed by atoms with Gasteiger partial charge in [-0.25, -0.2) is 9.97 Å². The molecule has 4 heterocycles. The van der Waals surface area contributed by atoms with Crippen LogP contribution in [0, 0.1) is 17.2 Å². The molecule has 2 atom stereocenters. The Balaban J connectivity index is 1.84. The van der Waals surface area contributed by atoms with Crippen molar-refractivity contribution in [1.82, 2.24) is 24.6 Å². The van der Waals surface area contributed by atoms with E-state index in [-0.39, 0.29) is 24.3 Å². The van der Waals surface area contributed by atoms with Gasteiger partial charge in [0.05, 0.1) is 23.0 Å². The van der Waals surface area contributed by atoms with E-state index in [1.165, 1.54) is 6.92 Å². The lowest BCUT2D eigenvalue weighted by Gasteiger charge is -2.37. The van der Waals surface area contributed by atoms with Gasteiger partial charge in [-0.05, 0) is 18.4 Å². The largest absolute Gasteiger partial charge is 0.340 e. The number of pyridine rings is 1. The Kier molecular flexibility index (Phi) is 4.47. The van der Waals surface area contributed by atoms with Gasteiger partial charge < -0.3 is 10.2 Å². The Bertz CT molecular complexity index is 1110. The summed E-state index contributed by atoms with van der Waals surface area (Å²) in [5.74, 6) is 0.540. The molecule has 4 rings (SSSR count). The molecule has 2 N–H and O–H groups in total. The third-order valence-corrected chi connectivity index (χ3v) is 5.38. The van der Waals surface area contributed by atoms with Gasteiger partial charge in [-0.3, -0.25) is 19.4 Å². The van der Waals surface area contributed by atoms with Crippen molar-refractivity contribution in [1.29, 1.82) is 5.26 Å². The zero-order chi connectivity index (χ0) is 19.8. The van der Waals surface area contributed by atoms with E-state index >= 15 is 0 Å². The van der Waals surface area contributed by atoms with Crippen LogP contribution in [-0.2, 0) is 9.59 Å². The summed E-state index contributed by atoms with van der Waals surface area (Å²) in [7, 11) is 0. The standard InChI is InChI=1S/C19H21N7O2/c1-11-5-8-25(16(28)3-6-20)10-15(11)26-17-13-4-7-21-18(13)22-9-14(17)19(24-26)23-12(2)27/h4,7,9,11,15,24H,3,5,8,10H2,1-2H3,(H,23,27)/t11-,15+/m1/s1. The van der Waals surface area contributed by atoms with E-state index in [0.717, 1.165) is 22.7 Å². The summed E-state index contributed by atoms with van der Waals surface area (Å²) in [6.07, 6.45) is 4.13. The van der Waals surface area contributed by atoms with Crippen molar-refractivity contribution in [3.63, 3.8) is 0 Å². The van der Waals surface area contributed by atoms with Crippen LogP contribution in [0.1, 0.15) is 32.7 Å². The lowest BCUT2D eigenvalue weighted by atomic mass is 9.93. The predicted octanol–water partition coefficient (Wildman–Crippen LogP) is 2.19. The minimum Gasteiger partial charge on any atom is -0.340 e. The average Bonchev–Trinajstić information content (AvgIpc) is 3.26. The quantitative estimate of drug-likeness (QED) is 0.723. The van der Waals surface area contributed by atoms with Gasteiger partial charge in [0.1, 0.15) is 12.2 Å². The van der Waals surface area contributed by atoms with Crippen LogP contribution in [0.3, 0.4) is 0 Å². The summed E-state index contributed by atoms with van der Waals surface area (Å²) in [4.78, 5) is 34.4. The van der Waals surface area contributed by atoms with Crippen molar-refractivity contribution in [3.05, 3.63) is 18.5 Å². The minimum atomic E-state index is -0.182. The third-order valence-electron chi connectivity index (χ3n) is 5.38. The molecule has 0 spiro atoms. The van der Waals surface area contributed by atoms with Crippen molar-refractivity contribution in [3.8, 4) is 6.07 Å². The number of nitriles is 1. The van der Waals surface area contributed by atoms with Gasteiger partial charge in [0.15, 0.2) is 5.65 Å². The predicted molar refractivity (Wildman–Crippen MR) is 103 cm³/mol. The van der Waals surface area contributed by atoms with Crippen molar-refractivity contribution < 1.29 is 9.59 Å². The van der Waals surface area contributed by atoms with Gasteiger partial charge in [-0.15, -0.1) is 0 Å². The Hall–Kier alpha value is -3.41. The first-order valence-corrected chi connectivity index (χ1v) is 9.25. The number of aromatic nitrogens is 4. The second-order valence-corrected chi connectivity index (χ2v) is 7.25. The van der Waals surface area contributed by atoms with Crippen LogP contribution >= 0.6 is 0 Å². The molecule has 28 heavy (non-hydrogen) atoms. The molecule has 9 heteroatoms. The van der Waals surface area contributed by atoms with E-state index in [4.69, 9.17) is 5.26 Å². The fourth-order valence-electron chi connectivity index (χ4n) is 3.94. The molecule has 0 aliphatic carbocycles. The number of nitrogens with one attached hydrogen (secondary N) is 2. The molecule has 0 unspecified atom stereocenters. The van der Waals surface area contributed by atoms with E-state index in [9.17, 15) is 9.59 Å². The van der Waals surface area contributed by atoms with Crippen LogP contribution in [0.4, 0.5) is 5.82 Å². The monoisotopic (exact) mass is 379 g/mol. The Labute approximate surface area is 161 Å². The van der Waals surface area contributed by atoms with Gasteiger partial charge in [-0.2, -0.15) is 5.26 Å². The van der Waals surface area contributed by atoms with Crippen molar-refractivity contribution in [2.24, 2.45) is 5.92 Å². The second-order valence-electron chi connectivity index (χ2n) is 7.25. The fraction of sp³-hybridized carbons (Fsp3) is 0.421. The molecular formula is C19H21N7O2. The molecule has 0 aromatic carbocycles. The number of fused-ring (bicyclic) bond motifs is 3. The lowest BCUT2D eigenvalue weighted by molar-refractivity contribution is -0.132. The molecule has 9 nitrogen and oxygen atoms in total. The molecule has 144 valence electrons. The van der Waals surface area contributed by atoms with Crippen LogP contribution in [0.2, 0.25) is 0 Å². The maximum Gasteiger partial charge on any atom is 0.236 e. The molecular weight excluding hydrogens is 358 g/mol. The molecule has 1 aliphatic heterocycles. The molecule has 1 aliphatic rings. The maximum atomic E-state index is 12.3. The first-order valence-electron chi connectivity index (χ1n) is 9.25. The van der Waals surface area contributed by atoms with Crippen molar-refractivity contribution >= 4 is 39.6 Å². The third kappa shape index (κ3) is 2.97. The van der Waals surface area contributed by atoms with Gasteiger partial charge in [0, 0.05) is 37.8 Å². The smallest absolute Gasteiger partial charge is 0.236 e. The fourth-order valence-corrected chi connectivity index (χ4v) is 3.94. The van der Waals surface area contributed by atoms with E-state index in [0.29, 0.717) is 30.5 Å². The molecule has 0 bridgehead atoms. The average molecular weight is 379 g/mol. The number of carbonyl (C=O) groups excluding carboxylic acids is 2. The Morgan fingerprint density at radius 3 is 2.96 bits per heavy atom. The zero-order valence-electron chi connectivity index (χ0n) is 15.8. The van der Waals surface area contributed by atoms with Gasteiger partial charge >= 0.3 is 0 Å². The number of nitrogens with zero attached hydrogens (tertiary/aromatic N) is 5. The number of hydrogen-bond donors (Lipinski definition) is 2. The van der Waals surface area contributed by atoms with E-state index < -0.39 is 0 Å². The van der Waals surface area contributed by atoms with Gasteiger partial charge in [-0.1, -0.05) is 6.92 Å². The number of piperidine rings is 1. The van der Waals surface area contributed by atoms with Crippen molar-refractivity contribution in [2.45, 2.75) is 32.7 Å². The number of amides is 2. The molecule has 3 aromatic rings. The summed E-state index contributed by atoms with van der Waals surface area (Å²) >= 11 is 0. The lowest BCUT2D eigenvalue weighted by Crippen LogP contribution is -2.44. The summed E-state index contributed by atoms with van der Waals surface area (Å²) in [6.45, 7) is 4.75. The van der Waals surface area contributed by atoms with Crippen LogP contribution < -0.4 is 5.32 Å². The summed E-state index contributed by atoms with van der Waals surface area (Å²) in [6, 6.07) is 3.81. The van der Waals surface area contributed by atoms with Gasteiger partial charge in [0.25, 0.3) is 0 Å². The minimum absolute atomic E-state index is 0.0260. The molecule has 0 radical (unpaired) electrons. The first kappa shape index (κ1) is 18.0. The molecule has 0 saturated carbocycles. The van der Waals surface area contributed by atoms with Crippen LogP contribution in [0.25, 0.3) is 21.9 Å².